The van der Waals surface area contributed by atoms with Crippen LogP contribution < -0.4 is 15.8 Å². The summed E-state index contributed by atoms with van der Waals surface area (Å²) in [6.45, 7) is 4.38. The van der Waals surface area contributed by atoms with Crippen LogP contribution in [0.25, 0.3) is 10.9 Å². The lowest BCUT2D eigenvalue weighted by Gasteiger charge is -2.13. The highest BCUT2D eigenvalue weighted by atomic mass is 35.5. The van der Waals surface area contributed by atoms with Gasteiger partial charge >= 0.3 is 0 Å². The fourth-order valence-corrected chi connectivity index (χ4v) is 3.74. The number of fused-ring (bicyclic) bond motifs is 1. The molecule has 0 unspecified atom stereocenters. The molecule has 4 aromatic rings. The van der Waals surface area contributed by atoms with Crippen LogP contribution in [0.2, 0.25) is 0 Å². The Morgan fingerprint density at radius 3 is 2.55 bits per heavy atom. The second-order valence-electron chi connectivity index (χ2n) is 7.88. The summed E-state index contributed by atoms with van der Waals surface area (Å²) in [6, 6.07) is 23.0. The number of carbonyl (C=O) groups excluding carboxylic acids is 1. The average molecular weight is 462 g/mol. The number of nitrogens with zero attached hydrogens (tertiary/aromatic N) is 1. The van der Waals surface area contributed by atoms with Crippen molar-refractivity contribution in [3.05, 3.63) is 95.2 Å². The van der Waals surface area contributed by atoms with Crippen molar-refractivity contribution in [3.63, 3.8) is 0 Å². The van der Waals surface area contributed by atoms with Gasteiger partial charge in [-0.2, -0.15) is 0 Å². The van der Waals surface area contributed by atoms with Crippen LogP contribution >= 0.6 is 12.4 Å². The molecule has 0 radical (unpaired) electrons. The quantitative estimate of drug-likeness (QED) is 0.337. The van der Waals surface area contributed by atoms with Crippen LogP contribution in [0.15, 0.2) is 72.8 Å². The molecule has 0 fully saturated rings. The fraction of sp³-hybridized carbons (Fsp3) is 0.185. The molecule has 1 heterocycles. The predicted molar refractivity (Wildman–Crippen MR) is 137 cm³/mol. The number of hydrogen-bond donors (Lipinski definition) is 2. The van der Waals surface area contributed by atoms with Gasteiger partial charge in [-0.15, -0.1) is 12.4 Å². The Kier molecular flexibility index (Phi) is 7.91. The number of hydrogen-bond acceptors (Lipinski definition) is 4. The fourth-order valence-electron chi connectivity index (χ4n) is 3.74. The molecular weight excluding hydrogens is 434 g/mol. The molecule has 6 heteroatoms. The number of nitrogens with one attached hydrogen (secondary N) is 1. The van der Waals surface area contributed by atoms with Crippen LogP contribution in [-0.4, -0.2) is 10.9 Å². The molecule has 0 aliphatic heterocycles. The van der Waals surface area contributed by atoms with Gasteiger partial charge in [0.25, 0.3) is 5.91 Å². The van der Waals surface area contributed by atoms with Crippen LogP contribution in [0.5, 0.6) is 5.75 Å². The van der Waals surface area contributed by atoms with E-state index in [1.165, 1.54) is 5.56 Å². The molecule has 5 nitrogen and oxygen atoms in total. The number of anilines is 2. The minimum absolute atomic E-state index is 0. The smallest absolute Gasteiger partial charge is 0.256 e. The number of nitrogen functional groups attached to an aromatic ring is 1. The number of ether oxygens (including phenoxy) is 1. The molecule has 0 saturated heterocycles. The molecule has 3 aromatic carbocycles. The summed E-state index contributed by atoms with van der Waals surface area (Å²) in [6.07, 6.45) is 2.17. The molecule has 33 heavy (non-hydrogen) atoms. The van der Waals surface area contributed by atoms with Crippen molar-refractivity contribution in [1.29, 1.82) is 0 Å². The number of halogens is 1. The summed E-state index contributed by atoms with van der Waals surface area (Å²) < 4.78 is 5.95. The SMILES string of the molecule is CCCc1ccc(OCc2ccccc2C(=O)Nc2ccc3nc(C)cc(N)c3c2)cc1.Cl. The minimum Gasteiger partial charge on any atom is -0.489 e. The Balaban J connectivity index is 0.00000306. The maximum absolute atomic E-state index is 13.0. The number of nitrogens with two attached hydrogens (primary N) is 1. The molecule has 170 valence electrons. The van der Waals surface area contributed by atoms with Crippen LogP contribution in [0.3, 0.4) is 0 Å². The van der Waals surface area contributed by atoms with Crippen molar-refractivity contribution in [3.8, 4) is 5.75 Å². The maximum Gasteiger partial charge on any atom is 0.256 e. The van der Waals surface area contributed by atoms with E-state index in [0.29, 0.717) is 23.5 Å². The van der Waals surface area contributed by atoms with Crippen LogP contribution in [0.4, 0.5) is 11.4 Å². The van der Waals surface area contributed by atoms with Gasteiger partial charge in [0.2, 0.25) is 0 Å². The molecule has 0 bridgehead atoms. The first-order valence-electron chi connectivity index (χ1n) is 10.8. The van der Waals surface area contributed by atoms with Crippen molar-refractivity contribution >= 4 is 40.6 Å². The number of benzene rings is 3. The van der Waals surface area contributed by atoms with Crippen molar-refractivity contribution in [2.45, 2.75) is 33.3 Å². The third kappa shape index (κ3) is 5.82. The predicted octanol–water partition coefficient (Wildman–Crippen LogP) is 6.33. The van der Waals surface area contributed by atoms with Gasteiger partial charge in [0.05, 0.1) is 5.52 Å². The molecule has 3 N–H and O–H groups in total. The van der Waals surface area contributed by atoms with Gasteiger partial charge in [-0.25, -0.2) is 0 Å². The highest BCUT2D eigenvalue weighted by Gasteiger charge is 2.13. The second-order valence-corrected chi connectivity index (χ2v) is 7.88. The van der Waals surface area contributed by atoms with E-state index >= 15 is 0 Å². The lowest BCUT2D eigenvalue weighted by Crippen LogP contribution is -2.15. The first kappa shape index (κ1) is 24.1. The summed E-state index contributed by atoms with van der Waals surface area (Å²) in [7, 11) is 0. The second kappa shape index (κ2) is 10.8. The van der Waals surface area contributed by atoms with Gasteiger partial charge in [-0.1, -0.05) is 43.7 Å². The molecule has 4 rings (SSSR count). The monoisotopic (exact) mass is 461 g/mol. The Morgan fingerprint density at radius 1 is 1.03 bits per heavy atom. The van der Waals surface area contributed by atoms with Crippen molar-refractivity contribution in [2.75, 3.05) is 11.1 Å². The summed E-state index contributed by atoms with van der Waals surface area (Å²) in [5.41, 5.74) is 11.8. The number of aryl methyl sites for hydroxylation is 2. The topological polar surface area (TPSA) is 77.2 Å². The standard InChI is InChI=1S/C27H27N3O2.ClH/c1-3-6-19-9-12-22(13-10-19)32-17-20-7-4-5-8-23(20)27(31)30-21-11-14-26-24(16-21)25(28)15-18(2)29-26;/h4-5,7-16H,3,6,17H2,1-2H3,(H2,28,29)(H,30,31);1H. The first-order valence-corrected chi connectivity index (χ1v) is 10.8. The zero-order valence-electron chi connectivity index (χ0n) is 18.8. The van der Waals surface area contributed by atoms with Gasteiger partial charge in [0, 0.05) is 33.6 Å². The lowest BCUT2D eigenvalue weighted by molar-refractivity contribution is 0.102. The van der Waals surface area contributed by atoms with Crippen LogP contribution in [0.1, 0.15) is 40.5 Å². The molecular formula is C27H28ClN3O2. The summed E-state index contributed by atoms with van der Waals surface area (Å²) in [5, 5.41) is 3.79. The Bertz CT molecular complexity index is 1260. The van der Waals surface area contributed by atoms with Crippen molar-refractivity contribution in [1.82, 2.24) is 4.98 Å². The number of rotatable bonds is 7. The van der Waals surface area contributed by atoms with E-state index in [9.17, 15) is 4.79 Å². The maximum atomic E-state index is 13.0. The van der Waals surface area contributed by atoms with Gasteiger partial charge in [0.1, 0.15) is 12.4 Å². The van der Waals surface area contributed by atoms with E-state index in [1.54, 1.807) is 6.07 Å². The molecule has 0 atom stereocenters. The van der Waals surface area contributed by atoms with E-state index < -0.39 is 0 Å². The molecule has 0 spiro atoms. The Morgan fingerprint density at radius 2 is 1.79 bits per heavy atom. The number of carbonyl (C=O) groups is 1. The summed E-state index contributed by atoms with van der Waals surface area (Å²) in [4.78, 5) is 17.5. The Labute approximate surface area is 200 Å². The van der Waals surface area contributed by atoms with Crippen molar-refractivity contribution < 1.29 is 9.53 Å². The molecule has 0 saturated carbocycles. The first-order chi connectivity index (χ1) is 15.5. The minimum atomic E-state index is -0.194. The largest absolute Gasteiger partial charge is 0.489 e. The normalized spacial score (nSPS) is 10.5. The van der Waals surface area contributed by atoms with E-state index in [0.717, 1.165) is 40.8 Å². The summed E-state index contributed by atoms with van der Waals surface area (Å²) >= 11 is 0. The van der Waals surface area contributed by atoms with E-state index in [2.05, 4.69) is 29.4 Å². The van der Waals surface area contributed by atoms with Gasteiger partial charge < -0.3 is 15.8 Å². The molecule has 0 aliphatic rings. The Hall–Kier alpha value is -3.57. The number of amides is 1. The molecule has 0 aliphatic carbocycles. The molecule has 1 aromatic heterocycles. The third-order valence-electron chi connectivity index (χ3n) is 5.34. The zero-order chi connectivity index (χ0) is 22.5. The average Bonchev–Trinajstić information content (AvgIpc) is 2.79. The zero-order valence-corrected chi connectivity index (χ0v) is 19.6. The van der Waals surface area contributed by atoms with Crippen LogP contribution in [-0.2, 0) is 13.0 Å². The highest BCUT2D eigenvalue weighted by molar-refractivity contribution is 6.06. The summed E-state index contributed by atoms with van der Waals surface area (Å²) in [5.74, 6) is 0.591. The lowest BCUT2D eigenvalue weighted by atomic mass is 10.1. The number of aromatic nitrogens is 1. The molecule has 1 amide bonds. The van der Waals surface area contributed by atoms with Gasteiger partial charge in [-0.3, -0.25) is 9.78 Å². The van der Waals surface area contributed by atoms with Crippen molar-refractivity contribution in [2.24, 2.45) is 0 Å². The van der Waals surface area contributed by atoms with Gasteiger partial charge in [0.15, 0.2) is 0 Å². The van der Waals surface area contributed by atoms with Crippen LogP contribution in [0, 0.1) is 6.92 Å². The highest BCUT2D eigenvalue weighted by Crippen LogP contribution is 2.25. The van der Waals surface area contributed by atoms with E-state index in [4.69, 9.17) is 10.5 Å². The van der Waals surface area contributed by atoms with E-state index in [1.807, 2.05) is 61.5 Å². The number of pyridine rings is 1. The third-order valence-corrected chi connectivity index (χ3v) is 5.34. The van der Waals surface area contributed by atoms with E-state index in [-0.39, 0.29) is 18.3 Å². The van der Waals surface area contributed by atoms with Gasteiger partial charge in [-0.05, 0) is 61.4 Å².